The van der Waals surface area contributed by atoms with Gasteiger partial charge in [-0.2, -0.15) is 0 Å². The molecule has 122 valence electrons. The van der Waals surface area contributed by atoms with Crippen LogP contribution in [0, 0.1) is 6.92 Å². The van der Waals surface area contributed by atoms with Crippen LogP contribution in [0.25, 0.3) is 10.8 Å². The Hall–Kier alpha value is -2.40. The molecule has 0 spiro atoms. The Labute approximate surface area is 147 Å². The maximum absolute atomic E-state index is 12.2. The summed E-state index contributed by atoms with van der Waals surface area (Å²) < 4.78 is 6.17. The first-order chi connectivity index (χ1) is 11.5. The van der Waals surface area contributed by atoms with E-state index in [1.165, 1.54) is 0 Å². The van der Waals surface area contributed by atoms with E-state index < -0.39 is 5.63 Å². The first-order valence-corrected chi connectivity index (χ1v) is 8.39. The van der Waals surface area contributed by atoms with Crippen molar-refractivity contribution in [3.05, 3.63) is 80.3 Å². The highest BCUT2D eigenvalue weighted by molar-refractivity contribution is 9.10. The number of halogens is 1. The van der Waals surface area contributed by atoms with Crippen LogP contribution in [0.5, 0.6) is 0 Å². The second-order valence-electron chi connectivity index (χ2n) is 5.62. The number of nitrogens with one attached hydrogen (secondary N) is 1. The van der Waals surface area contributed by atoms with Crippen molar-refractivity contribution in [2.75, 3.05) is 6.54 Å². The zero-order chi connectivity index (χ0) is 17.1. The number of hydrogen-bond donors (Lipinski definition) is 1. The van der Waals surface area contributed by atoms with Crippen molar-refractivity contribution in [2.45, 2.75) is 13.3 Å². The molecular weight excluding hydrogens is 370 g/mol. The predicted octanol–water partition coefficient (Wildman–Crippen LogP) is 3.84. The van der Waals surface area contributed by atoms with Crippen molar-refractivity contribution in [3.63, 3.8) is 0 Å². The van der Waals surface area contributed by atoms with E-state index in [2.05, 4.69) is 21.2 Å². The Morgan fingerprint density at radius 3 is 2.62 bits per heavy atom. The molecule has 0 radical (unpaired) electrons. The summed E-state index contributed by atoms with van der Waals surface area (Å²) in [6, 6.07) is 15.0. The lowest BCUT2D eigenvalue weighted by molar-refractivity contribution is 0.0922. The fraction of sp³-hybridized carbons (Fsp3) is 0.158. The van der Waals surface area contributed by atoms with Crippen LogP contribution in [0.4, 0.5) is 0 Å². The lowest BCUT2D eigenvalue weighted by Crippen LogP contribution is -2.26. The molecule has 1 aromatic heterocycles. The SMILES string of the molecule is Cc1ccc2cc(C(=O)NCCc3ccc(Br)cc3)oc(=O)c2c1. The summed E-state index contributed by atoms with van der Waals surface area (Å²) in [7, 11) is 0. The second kappa shape index (κ2) is 7.01. The number of carbonyl (C=O) groups excluding carboxylic acids is 1. The van der Waals surface area contributed by atoms with E-state index in [1.807, 2.05) is 43.3 Å². The number of aryl methyl sites for hydroxylation is 1. The summed E-state index contributed by atoms with van der Waals surface area (Å²) >= 11 is 3.39. The molecule has 0 aliphatic carbocycles. The van der Waals surface area contributed by atoms with E-state index >= 15 is 0 Å². The van der Waals surface area contributed by atoms with Gasteiger partial charge in [-0.15, -0.1) is 0 Å². The fourth-order valence-electron chi connectivity index (χ4n) is 2.47. The lowest BCUT2D eigenvalue weighted by Gasteiger charge is -2.06. The van der Waals surface area contributed by atoms with Gasteiger partial charge in [-0.05, 0) is 48.6 Å². The highest BCUT2D eigenvalue weighted by atomic mass is 79.9. The molecule has 0 aliphatic heterocycles. The highest BCUT2D eigenvalue weighted by Crippen LogP contribution is 2.14. The van der Waals surface area contributed by atoms with Crippen molar-refractivity contribution >= 4 is 32.6 Å². The van der Waals surface area contributed by atoms with Gasteiger partial charge in [0.2, 0.25) is 0 Å². The smallest absolute Gasteiger partial charge is 0.344 e. The average Bonchev–Trinajstić information content (AvgIpc) is 2.57. The van der Waals surface area contributed by atoms with Crippen molar-refractivity contribution in [3.8, 4) is 0 Å². The summed E-state index contributed by atoms with van der Waals surface area (Å²) in [5.41, 5.74) is 1.60. The maximum atomic E-state index is 12.2. The zero-order valence-corrected chi connectivity index (χ0v) is 14.7. The molecule has 0 saturated heterocycles. The summed E-state index contributed by atoms with van der Waals surface area (Å²) in [5.74, 6) is -0.348. The van der Waals surface area contributed by atoms with Gasteiger partial charge in [0.05, 0.1) is 5.39 Å². The first kappa shape index (κ1) is 16.5. The third kappa shape index (κ3) is 3.74. The topological polar surface area (TPSA) is 59.3 Å². The van der Waals surface area contributed by atoms with Gasteiger partial charge in [-0.25, -0.2) is 4.79 Å². The third-order valence-electron chi connectivity index (χ3n) is 3.75. The molecule has 1 N–H and O–H groups in total. The number of benzene rings is 2. The molecule has 0 saturated carbocycles. The molecule has 5 heteroatoms. The molecule has 0 atom stereocenters. The third-order valence-corrected chi connectivity index (χ3v) is 4.28. The Bertz CT molecular complexity index is 945. The zero-order valence-electron chi connectivity index (χ0n) is 13.1. The Balaban J connectivity index is 1.71. The molecule has 3 aromatic rings. The van der Waals surface area contributed by atoms with Crippen LogP contribution in [0.3, 0.4) is 0 Å². The minimum Gasteiger partial charge on any atom is -0.417 e. The van der Waals surface area contributed by atoms with Gasteiger partial charge in [-0.1, -0.05) is 45.8 Å². The summed E-state index contributed by atoms with van der Waals surface area (Å²) in [5, 5.41) is 3.97. The number of fused-ring (bicyclic) bond motifs is 1. The van der Waals surface area contributed by atoms with E-state index in [4.69, 9.17) is 4.42 Å². The number of rotatable bonds is 4. The van der Waals surface area contributed by atoms with E-state index in [-0.39, 0.29) is 11.7 Å². The van der Waals surface area contributed by atoms with Gasteiger partial charge in [-0.3, -0.25) is 4.79 Å². The van der Waals surface area contributed by atoms with Crippen LogP contribution >= 0.6 is 15.9 Å². The molecular formula is C19H16BrNO3. The van der Waals surface area contributed by atoms with E-state index in [9.17, 15) is 9.59 Å². The Morgan fingerprint density at radius 2 is 1.88 bits per heavy atom. The fourth-order valence-corrected chi connectivity index (χ4v) is 2.73. The summed E-state index contributed by atoms with van der Waals surface area (Å²) in [4.78, 5) is 24.2. The van der Waals surface area contributed by atoms with Crippen molar-refractivity contribution in [2.24, 2.45) is 0 Å². The second-order valence-corrected chi connectivity index (χ2v) is 6.54. The molecule has 0 bridgehead atoms. The van der Waals surface area contributed by atoms with Crippen LogP contribution in [0.2, 0.25) is 0 Å². The lowest BCUT2D eigenvalue weighted by atomic mass is 10.1. The van der Waals surface area contributed by atoms with Crippen molar-refractivity contribution in [1.29, 1.82) is 0 Å². The van der Waals surface area contributed by atoms with Crippen molar-refractivity contribution < 1.29 is 9.21 Å². The average molecular weight is 386 g/mol. The normalized spacial score (nSPS) is 10.8. The Kier molecular flexibility index (Phi) is 4.81. The monoisotopic (exact) mass is 385 g/mol. The van der Waals surface area contributed by atoms with Gasteiger partial charge in [0.15, 0.2) is 5.76 Å². The van der Waals surface area contributed by atoms with Crippen molar-refractivity contribution in [1.82, 2.24) is 5.32 Å². The van der Waals surface area contributed by atoms with Crippen LogP contribution in [-0.2, 0) is 6.42 Å². The molecule has 24 heavy (non-hydrogen) atoms. The number of hydrogen-bond acceptors (Lipinski definition) is 3. The molecule has 1 heterocycles. The first-order valence-electron chi connectivity index (χ1n) is 7.60. The number of carbonyl (C=O) groups is 1. The van der Waals surface area contributed by atoms with Gasteiger partial charge in [0.25, 0.3) is 5.91 Å². The molecule has 3 rings (SSSR count). The largest absolute Gasteiger partial charge is 0.417 e. The summed E-state index contributed by atoms with van der Waals surface area (Å²) in [6.45, 7) is 2.37. The van der Waals surface area contributed by atoms with Gasteiger partial charge >= 0.3 is 5.63 Å². The molecule has 0 aliphatic rings. The van der Waals surface area contributed by atoms with Crippen LogP contribution in [-0.4, -0.2) is 12.5 Å². The minimum absolute atomic E-state index is 0.0344. The molecule has 0 unspecified atom stereocenters. The Morgan fingerprint density at radius 1 is 1.12 bits per heavy atom. The quantitative estimate of drug-likeness (QED) is 0.741. The number of amides is 1. The highest BCUT2D eigenvalue weighted by Gasteiger charge is 2.12. The maximum Gasteiger partial charge on any atom is 0.344 e. The molecule has 0 fully saturated rings. The van der Waals surface area contributed by atoms with Crippen LogP contribution in [0.1, 0.15) is 21.7 Å². The van der Waals surface area contributed by atoms with E-state index in [0.717, 1.165) is 15.6 Å². The molecule has 1 amide bonds. The van der Waals surface area contributed by atoms with Gasteiger partial charge in [0, 0.05) is 11.0 Å². The van der Waals surface area contributed by atoms with Crippen LogP contribution < -0.4 is 10.9 Å². The van der Waals surface area contributed by atoms with Gasteiger partial charge < -0.3 is 9.73 Å². The minimum atomic E-state index is -0.491. The standard InChI is InChI=1S/C19H16BrNO3/c1-12-2-5-14-11-17(24-19(23)16(14)10-12)18(22)21-9-8-13-3-6-15(20)7-4-13/h2-7,10-11H,8-9H2,1H3,(H,21,22). The predicted molar refractivity (Wildman–Crippen MR) is 97.4 cm³/mol. The van der Waals surface area contributed by atoms with Crippen LogP contribution in [0.15, 0.2) is 62.2 Å². The molecule has 4 nitrogen and oxygen atoms in total. The van der Waals surface area contributed by atoms with Gasteiger partial charge in [0.1, 0.15) is 0 Å². The summed E-state index contributed by atoms with van der Waals surface area (Å²) in [6.07, 6.45) is 0.704. The van der Waals surface area contributed by atoms with E-state index in [0.29, 0.717) is 23.7 Å². The molecule has 2 aromatic carbocycles. The van der Waals surface area contributed by atoms with E-state index in [1.54, 1.807) is 12.1 Å².